The van der Waals surface area contributed by atoms with Gasteiger partial charge in [0.25, 0.3) is 0 Å². The summed E-state index contributed by atoms with van der Waals surface area (Å²) < 4.78 is 73.2. The Hall–Kier alpha value is -3.17. The van der Waals surface area contributed by atoms with Gasteiger partial charge in [-0.3, -0.25) is 4.79 Å². The number of halogens is 5. The zero-order valence-electron chi connectivity index (χ0n) is 26.8. The van der Waals surface area contributed by atoms with Gasteiger partial charge in [0.15, 0.2) is 0 Å². The maximum Gasteiger partial charge on any atom is 0.410 e. The summed E-state index contributed by atoms with van der Waals surface area (Å²) in [5.41, 5.74) is 4.58. The molecule has 2 aromatic rings. The van der Waals surface area contributed by atoms with Gasteiger partial charge >= 0.3 is 6.09 Å². The molecule has 1 saturated heterocycles. The number of likely N-dealkylation sites (tertiary alicyclic amines) is 1. The Morgan fingerprint density at radius 2 is 1.60 bits per heavy atom. The quantitative estimate of drug-likeness (QED) is 0.269. The van der Waals surface area contributed by atoms with Crippen LogP contribution in [0.15, 0.2) is 36.4 Å². The average molecular weight is 639 g/mol. The fourth-order valence-electron chi connectivity index (χ4n) is 7.11. The molecular weight excluding hydrogens is 591 g/mol. The summed E-state index contributed by atoms with van der Waals surface area (Å²) in [6, 6.07) is 7.88. The lowest BCUT2D eigenvalue weighted by Crippen LogP contribution is -2.51. The molecule has 1 atom stereocenters. The molecule has 1 heterocycles. The standard InChI is InChI=1S/C20H33F2NO2.C14H11F3.CH3NO/c1-18(2,3)25-17(24)23-13-5-9-19(23)11-7-15(8-12-19)16-6-4-10-20(21,22)14-16;1-2-9-4-3-5-13(14(9)17)10-6-11(15)8-12(16)7-10;2-1-3/h15-16H,4-14H2,1-3H3;3-8H,2H2,1H3;1H,(H2,2,3). The first kappa shape index (κ1) is 36.3. The minimum atomic E-state index is -2.46. The highest BCUT2D eigenvalue weighted by atomic mass is 19.3. The van der Waals surface area contributed by atoms with E-state index in [9.17, 15) is 26.7 Å². The van der Waals surface area contributed by atoms with Crippen LogP contribution < -0.4 is 5.73 Å². The SMILES string of the molecule is CC(C)(C)OC(=O)N1CCCC12CCC(C1CCCC(F)(F)C1)CC2.CCc1cccc(-c2cc(F)cc(F)c2)c1F.NC=O. The largest absolute Gasteiger partial charge is 0.444 e. The smallest absolute Gasteiger partial charge is 0.410 e. The van der Waals surface area contributed by atoms with Crippen molar-refractivity contribution in [2.45, 2.75) is 115 Å². The number of ether oxygens (including phenoxy) is 1. The van der Waals surface area contributed by atoms with E-state index >= 15 is 0 Å². The molecular formula is C35H47F5N2O3. The number of alkyl halides is 2. The van der Waals surface area contributed by atoms with E-state index in [1.54, 1.807) is 12.1 Å². The summed E-state index contributed by atoms with van der Waals surface area (Å²) in [6.45, 7) is 8.28. The van der Waals surface area contributed by atoms with Gasteiger partial charge in [-0.15, -0.1) is 0 Å². The molecule has 1 aliphatic heterocycles. The van der Waals surface area contributed by atoms with Crippen molar-refractivity contribution in [2.24, 2.45) is 17.6 Å². The van der Waals surface area contributed by atoms with Crippen LogP contribution in [0.25, 0.3) is 11.1 Å². The summed E-state index contributed by atoms with van der Waals surface area (Å²) in [4.78, 5) is 23.1. The first-order chi connectivity index (χ1) is 21.1. The topological polar surface area (TPSA) is 72.6 Å². The van der Waals surface area contributed by atoms with E-state index in [0.717, 1.165) is 69.7 Å². The maximum atomic E-state index is 14.0. The molecule has 3 fully saturated rings. The Bertz CT molecular complexity index is 1270. The molecule has 0 bridgehead atoms. The average Bonchev–Trinajstić information content (AvgIpc) is 3.35. The second-order valence-electron chi connectivity index (χ2n) is 13.4. The zero-order valence-corrected chi connectivity index (χ0v) is 26.8. The number of primary amides is 1. The number of rotatable bonds is 3. The maximum absolute atomic E-state index is 14.0. The predicted octanol–water partition coefficient (Wildman–Crippen LogP) is 9.21. The molecule has 2 N–H and O–H groups in total. The molecule has 45 heavy (non-hydrogen) atoms. The second kappa shape index (κ2) is 15.4. The van der Waals surface area contributed by atoms with Gasteiger partial charge in [0, 0.05) is 36.6 Å². The normalized spacial score (nSPS) is 24.2. The number of hydrogen-bond acceptors (Lipinski definition) is 3. The van der Waals surface area contributed by atoms with Crippen LogP contribution in [-0.4, -0.2) is 41.0 Å². The molecule has 5 nitrogen and oxygen atoms in total. The molecule has 0 aromatic heterocycles. The third kappa shape index (κ3) is 9.91. The molecule has 3 aliphatic rings. The third-order valence-corrected chi connectivity index (χ3v) is 9.15. The molecule has 2 saturated carbocycles. The van der Waals surface area contributed by atoms with Crippen LogP contribution in [0.1, 0.15) is 97.5 Å². The van der Waals surface area contributed by atoms with E-state index in [1.165, 1.54) is 6.07 Å². The number of amides is 2. The van der Waals surface area contributed by atoms with Gasteiger partial charge < -0.3 is 15.4 Å². The second-order valence-corrected chi connectivity index (χ2v) is 13.4. The highest BCUT2D eigenvalue weighted by molar-refractivity contribution is 5.69. The van der Waals surface area contributed by atoms with E-state index in [0.29, 0.717) is 24.3 Å². The summed E-state index contributed by atoms with van der Waals surface area (Å²) in [5, 5.41) is 0. The molecule has 2 aromatic carbocycles. The highest BCUT2D eigenvalue weighted by Crippen LogP contribution is 2.49. The Morgan fingerprint density at radius 3 is 2.16 bits per heavy atom. The fraction of sp³-hybridized carbons (Fsp3) is 0.600. The number of carbonyl (C=O) groups is 2. The Balaban J connectivity index is 0.000000240. The van der Waals surface area contributed by atoms with Gasteiger partial charge in [-0.05, 0) is 114 Å². The molecule has 5 rings (SSSR count). The third-order valence-electron chi connectivity index (χ3n) is 9.15. The van der Waals surface area contributed by atoms with Gasteiger partial charge in [-0.25, -0.2) is 26.7 Å². The predicted molar refractivity (Wildman–Crippen MR) is 165 cm³/mol. The van der Waals surface area contributed by atoms with Crippen molar-refractivity contribution in [2.75, 3.05) is 6.54 Å². The molecule has 0 radical (unpaired) electrons. The van der Waals surface area contributed by atoms with Crippen molar-refractivity contribution in [3.05, 3.63) is 59.4 Å². The molecule has 10 heteroatoms. The number of nitrogens with two attached hydrogens (primary N) is 1. The van der Waals surface area contributed by atoms with Crippen LogP contribution in [0.3, 0.4) is 0 Å². The lowest BCUT2D eigenvalue weighted by atomic mass is 9.67. The number of hydrogen-bond donors (Lipinski definition) is 1. The minimum absolute atomic E-state index is 0.0621. The molecule has 2 amide bonds. The van der Waals surface area contributed by atoms with Crippen LogP contribution >= 0.6 is 0 Å². The number of carbonyl (C=O) groups excluding carboxylic acids is 2. The highest BCUT2D eigenvalue weighted by Gasteiger charge is 2.49. The monoisotopic (exact) mass is 638 g/mol. The van der Waals surface area contributed by atoms with Crippen molar-refractivity contribution in [1.82, 2.24) is 4.90 Å². The van der Waals surface area contributed by atoms with Crippen LogP contribution in [0.2, 0.25) is 0 Å². The zero-order chi connectivity index (χ0) is 33.4. The molecule has 1 unspecified atom stereocenters. The van der Waals surface area contributed by atoms with E-state index < -0.39 is 29.0 Å². The first-order valence-electron chi connectivity index (χ1n) is 15.9. The summed E-state index contributed by atoms with van der Waals surface area (Å²) in [6.07, 6.45) is 8.20. The lowest BCUT2D eigenvalue weighted by molar-refractivity contribution is -0.106. The summed E-state index contributed by atoms with van der Waals surface area (Å²) in [5.74, 6) is -3.73. The van der Waals surface area contributed by atoms with Crippen LogP contribution in [0, 0.1) is 29.3 Å². The van der Waals surface area contributed by atoms with E-state index in [-0.39, 0.29) is 47.9 Å². The number of benzene rings is 2. The fourth-order valence-corrected chi connectivity index (χ4v) is 7.11. The van der Waals surface area contributed by atoms with Gasteiger partial charge in [-0.2, -0.15) is 0 Å². The van der Waals surface area contributed by atoms with Gasteiger partial charge in [0.05, 0.1) is 0 Å². The van der Waals surface area contributed by atoms with E-state index in [1.807, 2.05) is 32.6 Å². The van der Waals surface area contributed by atoms with Crippen molar-refractivity contribution in [3.63, 3.8) is 0 Å². The number of nitrogens with zero attached hydrogens (tertiary/aromatic N) is 1. The van der Waals surface area contributed by atoms with Crippen molar-refractivity contribution in [1.29, 1.82) is 0 Å². The van der Waals surface area contributed by atoms with Crippen molar-refractivity contribution >= 4 is 12.5 Å². The Morgan fingerprint density at radius 1 is 0.978 bits per heavy atom. The summed E-state index contributed by atoms with van der Waals surface area (Å²) >= 11 is 0. The van der Waals surface area contributed by atoms with E-state index in [2.05, 4.69) is 5.73 Å². The van der Waals surface area contributed by atoms with Crippen molar-refractivity contribution in [3.8, 4) is 11.1 Å². The Kier molecular flexibility index (Phi) is 12.4. The minimum Gasteiger partial charge on any atom is -0.444 e. The van der Waals surface area contributed by atoms with Crippen molar-refractivity contribution < 1.29 is 36.3 Å². The van der Waals surface area contributed by atoms with Gasteiger partial charge in [-0.1, -0.05) is 25.1 Å². The number of aryl methyl sites for hydroxylation is 1. The van der Waals surface area contributed by atoms with E-state index in [4.69, 9.17) is 9.53 Å². The first-order valence-corrected chi connectivity index (χ1v) is 15.9. The molecule has 2 aliphatic carbocycles. The van der Waals surface area contributed by atoms with Crippen LogP contribution in [0.5, 0.6) is 0 Å². The lowest BCUT2D eigenvalue weighted by Gasteiger charge is -2.46. The van der Waals surface area contributed by atoms with Gasteiger partial charge in [0.2, 0.25) is 12.3 Å². The molecule has 1 spiro atoms. The van der Waals surface area contributed by atoms with Gasteiger partial charge in [0.1, 0.15) is 23.1 Å². The van der Waals surface area contributed by atoms with Crippen LogP contribution in [-0.2, 0) is 16.0 Å². The summed E-state index contributed by atoms with van der Waals surface area (Å²) in [7, 11) is 0. The van der Waals surface area contributed by atoms with Crippen LogP contribution in [0.4, 0.5) is 26.7 Å². The Labute approximate surface area is 263 Å². The molecule has 250 valence electrons.